The van der Waals surface area contributed by atoms with Crippen molar-refractivity contribution in [1.82, 2.24) is 20.2 Å². The Morgan fingerprint density at radius 3 is 2.74 bits per heavy atom. The fourth-order valence-corrected chi connectivity index (χ4v) is 3.86. The number of rotatable bonds is 7. The van der Waals surface area contributed by atoms with Gasteiger partial charge in [-0.3, -0.25) is 5.10 Å². The summed E-state index contributed by atoms with van der Waals surface area (Å²) in [5.41, 5.74) is 1.13. The molecule has 0 saturated carbocycles. The molecule has 0 atom stereocenters. The molecule has 9 nitrogen and oxygen atoms in total. The minimum Gasteiger partial charge on any atom is -0.497 e. The number of fused-ring (bicyclic) bond motifs is 1. The molecule has 3 N–H and O–H groups in total. The van der Waals surface area contributed by atoms with E-state index in [1.807, 2.05) is 0 Å². The molecule has 0 unspecified atom stereocenters. The summed E-state index contributed by atoms with van der Waals surface area (Å²) in [5, 5.41) is 13.6. The highest BCUT2D eigenvalue weighted by molar-refractivity contribution is 7.91. The first-order valence-corrected chi connectivity index (χ1v) is 11.0. The zero-order chi connectivity index (χ0) is 22.0. The van der Waals surface area contributed by atoms with Gasteiger partial charge < -0.3 is 15.4 Å². The number of hydrogen-bond donors (Lipinski definition) is 3. The van der Waals surface area contributed by atoms with Gasteiger partial charge in [0.15, 0.2) is 15.7 Å². The van der Waals surface area contributed by atoms with Crippen LogP contribution in [0.2, 0.25) is 0 Å². The number of nitrogens with one attached hydrogen (secondary N) is 3. The Morgan fingerprint density at radius 1 is 1.13 bits per heavy atom. The molecule has 2 heterocycles. The van der Waals surface area contributed by atoms with Crippen LogP contribution in [0.5, 0.6) is 5.75 Å². The summed E-state index contributed by atoms with van der Waals surface area (Å²) >= 11 is 0. The van der Waals surface area contributed by atoms with E-state index in [1.54, 1.807) is 25.1 Å². The van der Waals surface area contributed by atoms with Gasteiger partial charge in [0.05, 0.1) is 23.3 Å². The Hall–Kier alpha value is -3.73. The van der Waals surface area contributed by atoms with Crippen LogP contribution < -0.4 is 15.4 Å². The average Bonchev–Trinajstić information content (AvgIpc) is 3.15. The number of aromatic nitrogens is 4. The minimum atomic E-state index is -3.43. The van der Waals surface area contributed by atoms with Crippen molar-refractivity contribution in [3.05, 3.63) is 54.5 Å². The fourth-order valence-electron chi connectivity index (χ4n) is 2.93. The van der Waals surface area contributed by atoms with Crippen molar-refractivity contribution < 1.29 is 17.5 Å². The number of aromatic amines is 1. The normalized spacial score (nSPS) is 11.5. The molecule has 0 aliphatic heterocycles. The molecule has 2 aromatic carbocycles. The van der Waals surface area contributed by atoms with Crippen molar-refractivity contribution >= 4 is 44.0 Å². The largest absolute Gasteiger partial charge is 0.497 e. The standard InChI is InChI=1S/C20H19FN6O3S/c1-3-31(28,29)15-10-13(9-14(11-15)30-2)23-20-22-7-6-18(25-20)24-19-16-8-12(21)4-5-17(16)26-27-19/h4-11H,3H2,1-2H3,(H3,22,23,24,25,26,27). The third-order valence-electron chi connectivity index (χ3n) is 4.54. The van der Waals surface area contributed by atoms with Crippen molar-refractivity contribution in [3.8, 4) is 5.75 Å². The van der Waals surface area contributed by atoms with E-state index >= 15 is 0 Å². The predicted octanol–water partition coefficient (Wildman–Crippen LogP) is 3.78. The van der Waals surface area contributed by atoms with E-state index in [1.165, 1.54) is 37.6 Å². The number of anilines is 4. The van der Waals surface area contributed by atoms with Gasteiger partial charge in [-0.15, -0.1) is 0 Å². The lowest BCUT2D eigenvalue weighted by molar-refractivity contribution is 0.413. The average molecular weight is 442 g/mol. The number of ether oxygens (including phenoxy) is 1. The lowest BCUT2D eigenvalue weighted by Gasteiger charge is -2.11. The summed E-state index contributed by atoms with van der Waals surface area (Å²) in [6.07, 6.45) is 1.52. The second kappa shape index (κ2) is 8.19. The molecule has 31 heavy (non-hydrogen) atoms. The predicted molar refractivity (Wildman–Crippen MR) is 115 cm³/mol. The highest BCUT2D eigenvalue weighted by Crippen LogP contribution is 2.27. The molecule has 0 aliphatic rings. The van der Waals surface area contributed by atoms with Crippen LogP contribution in [0.4, 0.5) is 27.7 Å². The topological polar surface area (TPSA) is 122 Å². The maximum Gasteiger partial charge on any atom is 0.229 e. The SMILES string of the molecule is CCS(=O)(=O)c1cc(Nc2nccc(Nc3n[nH]c4ccc(F)cc34)n2)cc(OC)c1. The van der Waals surface area contributed by atoms with Crippen molar-refractivity contribution in [2.45, 2.75) is 11.8 Å². The second-order valence-corrected chi connectivity index (χ2v) is 8.86. The molecule has 0 spiro atoms. The van der Waals surface area contributed by atoms with E-state index in [9.17, 15) is 12.8 Å². The molecular weight excluding hydrogens is 423 g/mol. The number of hydrogen-bond acceptors (Lipinski definition) is 8. The van der Waals surface area contributed by atoms with E-state index in [0.29, 0.717) is 34.0 Å². The second-order valence-electron chi connectivity index (χ2n) is 6.58. The zero-order valence-corrected chi connectivity index (χ0v) is 17.5. The highest BCUT2D eigenvalue weighted by Gasteiger charge is 2.15. The summed E-state index contributed by atoms with van der Waals surface area (Å²) in [6, 6.07) is 10.5. The summed E-state index contributed by atoms with van der Waals surface area (Å²) in [7, 11) is -1.97. The van der Waals surface area contributed by atoms with Gasteiger partial charge in [0.1, 0.15) is 17.4 Å². The van der Waals surface area contributed by atoms with Crippen LogP contribution in [0.1, 0.15) is 6.92 Å². The fraction of sp³-hybridized carbons (Fsp3) is 0.150. The molecule has 4 aromatic rings. The molecule has 160 valence electrons. The summed E-state index contributed by atoms with van der Waals surface area (Å²) in [6.45, 7) is 1.57. The van der Waals surface area contributed by atoms with Crippen molar-refractivity contribution in [3.63, 3.8) is 0 Å². The van der Waals surface area contributed by atoms with E-state index in [2.05, 4.69) is 30.8 Å². The highest BCUT2D eigenvalue weighted by atomic mass is 32.2. The Morgan fingerprint density at radius 2 is 1.97 bits per heavy atom. The molecule has 0 bridgehead atoms. The van der Waals surface area contributed by atoms with Crippen LogP contribution >= 0.6 is 0 Å². The van der Waals surface area contributed by atoms with E-state index in [-0.39, 0.29) is 22.4 Å². The van der Waals surface area contributed by atoms with Gasteiger partial charge in [0.2, 0.25) is 5.95 Å². The lowest BCUT2D eigenvalue weighted by atomic mass is 10.2. The smallest absolute Gasteiger partial charge is 0.229 e. The van der Waals surface area contributed by atoms with Crippen molar-refractivity contribution in [1.29, 1.82) is 0 Å². The third-order valence-corrected chi connectivity index (χ3v) is 6.25. The quantitative estimate of drug-likeness (QED) is 0.395. The van der Waals surface area contributed by atoms with Gasteiger partial charge in [-0.2, -0.15) is 10.1 Å². The van der Waals surface area contributed by atoms with Crippen LogP contribution in [-0.2, 0) is 9.84 Å². The molecule has 11 heteroatoms. The van der Waals surface area contributed by atoms with Gasteiger partial charge in [-0.05, 0) is 36.4 Å². The summed E-state index contributed by atoms with van der Waals surface area (Å²) in [5.74, 6) is 1.03. The van der Waals surface area contributed by atoms with Crippen LogP contribution in [0.25, 0.3) is 10.9 Å². The van der Waals surface area contributed by atoms with Crippen LogP contribution in [-0.4, -0.2) is 41.4 Å². The van der Waals surface area contributed by atoms with Gasteiger partial charge >= 0.3 is 0 Å². The van der Waals surface area contributed by atoms with E-state index < -0.39 is 9.84 Å². The van der Waals surface area contributed by atoms with Gasteiger partial charge in [-0.25, -0.2) is 17.8 Å². The third kappa shape index (κ3) is 4.40. The molecule has 0 saturated heterocycles. The first-order chi connectivity index (χ1) is 14.9. The minimum absolute atomic E-state index is 0.0340. The van der Waals surface area contributed by atoms with E-state index in [0.717, 1.165) is 0 Å². The Balaban J connectivity index is 1.62. The summed E-state index contributed by atoms with van der Waals surface area (Å²) < 4.78 is 43.4. The molecule has 4 rings (SSSR count). The maximum atomic E-state index is 13.6. The van der Waals surface area contributed by atoms with Gasteiger partial charge in [-0.1, -0.05) is 6.92 Å². The van der Waals surface area contributed by atoms with Gasteiger partial charge in [0.25, 0.3) is 0 Å². The number of sulfone groups is 1. The Kier molecular flexibility index (Phi) is 5.42. The van der Waals surface area contributed by atoms with Crippen LogP contribution in [0.15, 0.2) is 53.6 Å². The Labute approximate surface area is 177 Å². The zero-order valence-electron chi connectivity index (χ0n) is 16.7. The number of nitrogens with zero attached hydrogens (tertiary/aromatic N) is 3. The molecule has 0 amide bonds. The van der Waals surface area contributed by atoms with Crippen LogP contribution in [0, 0.1) is 5.82 Å². The monoisotopic (exact) mass is 442 g/mol. The maximum absolute atomic E-state index is 13.6. The van der Waals surface area contributed by atoms with E-state index in [4.69, 9.17) is 4.74 Å². The first kappa shape index (κ1) is 20.5. The summed E-state index contributed by atoms with van der Waals surface area (Å²) in [4.78, 5) is 8.67. The van der Waals surface area contributed by atoms with Gasteiger partial charge in [0, 0.05) is 23.3 Å². The molecular formula is C20H19FN6O3S. The van der Waals surface area contributed by atoms with Crippen LogP contribution in [0.3, 0.4) is 0 Å². The molecule has 0 fully saturated rings. The molecule has 2 aromatic heterocycles. The number of methoxy groups -OCH3 is 1. The number of benzene rings is 2. The molecule has 0 aliphatic carbocycles. The number of H-pyrrole nitrogens is 1. The first-order valence-electron chi connectivity index (χ1n) is 9.30. The lowest BCUT2D eigenvalue weighted by Crippen LogP contribution is -2.06. The number of halogens is 1. The molecule has 0 radical (unpaired) electrons. The Bertz CT molecular complexity index is 1360. The van der Waals surface area contributed by atoms with Crippen molar-refractivity contribution in [2.24, 2.45) is 0 Å². The van der Waals surface area contributed by atoms with Crippen molar-refractivity contribution in [2.75, 3.05) is 23.5 Å².